The van der Waals surface area contributed by atoms with Gasteiger partial charge >= 0.3 is 11.9 Å². The van der Waals surface area contributed by atoms with Gasteiger partial charge in [-0.15, -0.1) is 0 Å². The number of ketones is 1. The summed E-state index contributed by atoms with van der Waals surface area (Å²) in [6, 6.07) is 0. The number of hydrogen-bond acceptors (Lipinski definition) is 5. The third kappa shape index (κ3) is 6.34. The van der Waals surface area contributed by atoms with Crippen molar-refractivity contribution in [3.05, 3.63) is 23.3 Å². The smallest absolute Gasteiger partial charge is 0.309 e. The SMILES string of the molecule is CC(C)C1=C2[C@H]3CC[C@@H]4[C@@]5(C)CC[C@H](OC(=O)CC(C)(C)C(=O)O)C(C)(C)[C@@H]5CC[C@@]4(C)[C@]3(C)CC[C@@]2(C=CC(=O)NCC2CCCCC2)CC1=O. The Kier molecular flexibility index (Phi) is 10.3. The molecule has 0 aromatic heterocycles. The summed E-state index contributed by atoms with van der Waals surface area (Å²) in [5.74, 6) is 0.799. The maximum absolute atomic E-state index is 14.0. The molecule has 5 fully saturated rings. The Labute approximate surface area is 313 Å². The lowest BCUT2D eigenvalue weighted by Gasteiger charge is -2.72. The van der Waals surface area contributed by atoms with Crippen molar-refractivity contribution in [1.82, 2.24) is 5.32 Å². The van der Waals surface area contributed by atoms with Crippen LogP contribution in [0.1, 0.15) is 159 Å². The molecule has 1 amide bonds. The fraction of sp³-hybridized carbons (Fsp3) is 0.822. The molecular formula is C45H69NO6. The normalized spacial score (nSPS) is 39.1. The van der Waals surface area contributed by atoms with E-state index in [1.807, 2.05) is 0 Å². The lowest BCUT2D eigenvalue weighted by molar-refractivity contribution is -0.232. The van der Waals surface area contributed by atoms with Crippen molar-refractivity contribution < 1.29 is 29.0 Å². The molecule has 0 heterocycles. The van der Waals surface area contributed by atoms with Crippen molar-refractivity contribution in [3.63, 3.8) is 0 Å². The highest BCUT2D eigenvalue weighted by Gasteiger charge is 2.70. The first kappa shape index (κ1) is 39.3. The van der Waals surface area contributed by atoms with Gasteiger partial charge in [0.1, 0.15) is 6.10 Å². The van der Waals surface area contributed by atoms with E-state index >= 15 is 0 Å². The first-order valence-corrected chi connectivity index (χ1v) is 20.9. The Morgan fingerprint density at radius 3 is 2.23 bits per heavy atom. The van der Waals surface area contributed by atoms with Gasteiger partial charge in [-0.3, -0.25) is 19.2 Å². The molecule has 290 valence electrons. The summed E-state index contributed by atoms with van der Waals surface area (Å²) in [7, 11) is 0. The zero-order valence-corrected chi connectivity index (χ0v) is 33.9. The van der Waals surface area contributed by atoms with E-state index in [2.05, 4.69) is 59.9 Å². The number of carbonyl (C=O) groups is 4. The number of Topliss-reactive ketones (excluding diaryl/α,β-unsaturated/α-hetero) is 1. The van der Waals surface area contributed by atoms with E-state index in [1.54, 1.807) is 19.9 Å². The molecule has 0 saturated heterocycles. The highest BCUT2D eigenvalue weighted by atomic mass is 16.5. The van der Waals surface area contributed by atoms with Crippen LogP contribution in [0.2, 0.25) is 0 Å². The molecule has 0 aromatic carbocycles. The maximum atomic E-state index is 14.0. The monoisotopic (exact) mass is 720 g/mol. The first-order chi connectivity index (χ1) is 24.2. The van der Waals surface area contributed by atoms with Crippen LogP contribution in [0.25, 0.3) is 0 Å². The van der Waals surface area contributed by atoms with Gasteiger partial charge in [0.15, 0.2) is 5.78 Å². The van der Waals surface area contributed by atoms with Crippen molar-refractivity contribution in [1.29, 1.82) is 0 Å². The van der Waals surface area contributed by atoms with Crippen molar-refractivity contribution in [2.45, 2.75) is 165 Å². The van der Waals surface area contributed by atoms with Crippen LogP contribution in [0.5, 0.6) is 0 Å². The van der Waals surface area contributed by atoms with Gasteiger partial charge in [-0.05, 0) is 141 Å². The second-order valence-electron chi connectivity index (χ2n) is 20.6. The number of nitrogens with one attached hydrogen (secondary N) is 1. The van der Waals surface area contributed by atoms with E-state index in [4.69, 9.17) is 4.74 Å². The fourth-order valence-electron chi connectivity index (χ4n) is 13.6. The van der Waals surface area contributed by atoms with Gasteiger partial charge in [0.2, 0.25) is 5.91 Å². The minimum Gasteiger partial charge on any atom is -0.481 e. The number of carboxylic acids is 1. The Balaban J connectivity index is 1.25. The largest absolute Gasteiger partial charge is 0.481 e. The summed E-state index contributed by atoms with van der Waals surface area (Å²) in [6.07, 6.45) is 18.4. The fourth-order valence-corrected chi connectivity index (χ4v) is 13.6. The van der Waals surface area contributed by atoms with Gasteiger partial charge in [-0.25, -0.2) is 0 Å². The number of amides is 1. The molecule has 2 N–H and O–H groups in total. The Bertz CT molecular complexity index is 1510. The van der Waals surface area contributed by atoms with Crippen LogP contribution in [0, 0.1) is 62.1 Å². The molecule has 0 radical (unpaired) electrons. The van der Waals surface area contributed by atoms with Crippen molar-refractivity contribution in [2.75, 3.05) is 6.54 Å². The highest BCUT2D eigenvalue weighted by Crippen LogP contribution is 2.77. The third-order valence-electron chi connectivity index (χ3n) is 16.7. The Hall–Kier alpha value is -2.44. The van der Waals surface area contributed by atoms with Crippen LogP contribution in [0.15, 0.2) is 23.3 Å². The number of rotatable bonds is 9. The van der Waals surface area contributed by atoms with Gasteiger partial charge < -0.3 is 15.2 Å². The standard InChI is InChI=1S/C45H69NO6/c1-28(2)37-31(47)25-45(22-19-35(48)46-27-29-13-11-10-12-14-29)24-23-43(8)30(38(37)45)15-16-33-42(7)20-18-34(52-36(49)26-40(3,4)39(50)51)41(5,6)32(42)17-21-44(33,43)9/h19,22,28-30,32-34H,10-18,20-21,23-27H2,1-9H3,(H,46,48)(H,50,51)/t30-,32+,33-,34+,42+,43-,44-,45+/m1/s1. The number of allylic oxidation sites excluding steroid dienone is 3. The number of hydrogen-bond donors (Lipinski definition) is 2. The molecule has 5 saturated carbocycles. The highest BCUT2D eigenvalue weighted by molar-refractivity contribution is 6.01. The number of fused-ring (bicyclic) bond motifs is 7. The molecule has 7 heteroatoms. The summed E-state index contributed by atoms with van der Waals surface area (Å²) in [5.41, 5.74) is 0.843. The number of carbonyl (C=O) groups excluding carboxylic acids is 3. The molecule has 0 aromatic rings. The van der Waals surface area contributed by atoms with Crippen LogP contribution < -0.4 is 5.32 Å². The summed E-state index contributed by atoms with van der Waals surface area (Å²) in [4.78, 5) is 52.0. The third-order valence-corrected chi connectivity index (χ3v) is 16.7. The lowest BCUT2D eigenvalue weighted by Crippen LogP contribution is -2.65. The molecule has 7 nitrogen and oxygen atoms in total. The summed E-state index contributed by atoms with van der Waals surface area (Å²) in [5, 5.41) is 12.8. The van der Waals surface area contributed by atoms with Crippen LogP contribution in [-0.4, -0.2) is 41.4 Å². The first-order valence-electron chi connectivity index (χ1n) is 20.9. The van der Waals surface area contributed by atoms with Crippen molar-refractivity contribution in [3.8, 4) is 0 Å². The molecule has 8 atom stereocenters. The molecular weight excluding hydrogens is 650 g/mol. The summed E-state index contributed by atoms with van der Waals surface area (Å²) in [6.45, 7) is 20.5. The van der Waals surface area contributed by atoms with Crippen molar-refractivity contribution in [2.24, 2.45) is 62.1 Å². The lowest BCUT2D eigenvalue weighted by atomic mass is 9.33. The molecule has 0 bridgehead atoms. The zero-order chi connectivity index (χ0) is 38.1. The number of ether oxygens (including phenoxy) is 1. The Morgan fingerprint density at radius 1 is 0.885 bits per heavy atom. The van der Waals surface area contributed by atoms with Gasteiger partial charge in [0.25, 0.3) is 0 Å². The van der Waals surface area contributed by atoms with Crippen LogP contribution in [0.4, 0.5) is 0 Å². The average molecular weight is 720 g/mol. The van der Waals surface area contributed by atoms with E-state index in [-0.39, 0.29) is 57.2 Å². The van der Waals surface area contributed by atoms with E-state index in [9.17, 15) is 24.3 Å². The van der Waals surface area contributed by atoms with Crippen LogP contribution in [-0.2, 0) is 23.9 Å². The van der Waals surface area contributed by atoms with E-state index < -0.39 is 17.4 Å². The number of aliphatic carboxylic acids is 1. The topological polar surface area (TPSA) is 110 Å². The second kappa shape index (κ2) is 13.7. The predicted octanol–water partition coefficient (Wildman–Crippen LogP) is 9.63. The van der Waals surface area contributed by atoms with Gasteiger partial charge in [-0.2, -0.15) is 0 Å². The molecule has 6 aliphatic carbocycles. The molecule has 6 aliphatic rings. The van der Waals surface area contributed by atoms with Crippen molar-refractivity contribution >= 4 is 23.6 Å². The predicted molar refractivity (Wildman–Crippen MR) is 204 cm³/mol. The molecule has 6 rings (SSSR count). The quantitative estimate of drug-likeness (QED) is 0.181. The van der Waals surface area contributed by atoms with Gasteiger partial charge in [-0.1, -0.05) is 73.8 Å². The number of carboxylic acid groups (broad SMARTS) is 1. The summed E-state index contributed by atoms with van der Waals surface area (Å²) < 4.78 is 6.17. The maximum Gasteiger partial charge on any atom is 0.309 e. The molecule has 52 heavy (non-hydrogen) atoms. The van der Waals surface area contributed by atoms with E-state index in [1.165, 1.54) is 37.7 Å². The van der Waals surface area contributed by atoms with Gasteiger partial charge in [0.05, 0.1) is 11.8 Å². The zero-order valence-electron chi connectivity index (χ0n) is 33.9. The molecule has 0 aliphatic heterocycles. The minimum atomic E-state index is -1.16. The van der Waals surface area contributed by atoms with Crippen LogP contribution in [0.3, 0.4) is 0 Å². The second-order valence-corrected chi connectivity index (χ2v) is 20.6. The summed E-state index contributed by atoms with van der Waals surface area (Å²) >= 11 is 0. The average Bonchev–Trinajstić information content (AvgIpc) is 3.37. The van der Waals surface area contributed by atoms with Crippen LogP contribution >= 0.6 is 0 Å². The van der Waals surface area contributed by atoms with E-state index in [0.717, 1.165) is 63.5 Å². The molecule has 0 unspecified atom stereocenters. The number of esters is 1. The van der Waals surface area contributed by atoms with E-state index in [0.29, 0.717) is 30.1 Å². The molecule has 0 spiro atoms. The Morgan fingerprint density at radius 2 is 1.58 bits per heavy atom. The minimum absolute atomic E-state index is 0.0190. The van der Waals surface area contributed by atoms with Gasteiger partial charge in [0, 0.05) is 23.8 Å².